The smallest absolute Gasteiger partial charge is 0.358 e. The molecular formula is C16H19NO3. The van der Waals surface area contributed by atoms with Crippen LogP contribution in [0.2, 0.25) is 0 Å². The minimum absolute atomic E-state index is 0.0332. The second kappa shape index (κ2) is 4.78. The molecule has 0 saturated heterocycles. The summed E-state index contributed by atoms with van der Waals surface area (Å²) in [5.74, 6) is -0.551. The average Bonchev–Trinajstić information content (AvgIpc) is 2.70. The highest BCUT2D eigenvalue weighted by molar-refractivity contribution is 5.95. The third-order valence-corrected chi connectivity index (χ3v) is 3.43. The molecule has 0 aliphatic carbocycles. The summed E-state index contributed by atoms with van der Waals surface area (Å²) in [5.41, 5.74) is 3.68. The van der Waals surface area contributed by atoms with Gasteiger partial charge in [-0.1, -0.05) is 44.1 Å². The van der Waals surface area contributed by atoms with Gasteiger partial charge in [0.25, 0.3) is 0 Å². The maximum Gasteiger partial charge on any atom is 0.358 e. The summed E-state index contributed by atoms with van der Waals surface area (Å²) in [6, 6.07) is 6.07. The maximum absolute atomic E-state index is 11.2. The van der Waals surface area contributed by atoms with E-state index in [2.05, 4.69) is 32.0 Å². The highest BCUT2D eigenvalue weighted by atomic mass is 16.5. The van der Waals surface area contributed by atoms with Crippen molar-refractivity contribution in [1.82, 2.24) is 5.16 Å². The summed E-state index contributed by atoms with van der Waals surface area (Å²) in [4.78, 5) is 11.2. The third kappa shape index (κ3) is 2.46. The lowest BCUT2D eigenvalue weighted by molar-refractivity contribution is 0.0686. The van der Waals surface area contributed by atoms with Crippen LogP contribution < -0.4 is 0 Å². The Labute approximate surface area is 118 Å². The fourth-order valence-corrected chi connectivity index (χ4v) is 2.25. The third-order valence-electron chi connectivity index (χ3n) is 3.43. The molecule has 0 fully saturated rings. The molecule has 0 radical (unpaired) electrons. The van der Waals surface area contributed by atoms with Crippen LogP contribution in [0.4, 0.5) is 0 Å². The van der Waals surface area contributed by atoms with Crippen LogP contribution in [0.15, 0.2) is 22.7 Å². The van der Waals surface area contributed by atoms with Gasteiger partial charge in [-0.3, -0.25) is 0 Å². The summed E-state index contributed by atoms with van der Waals surface area (Å²) in [6.45, 7) is 10.1. The van der Waals surface area contributed by atoms with Crippen LogP contribution >= 0.6 is 0 Å². The molecule has 0 bridgehead atoms. The molecular weight excluding hydrogens is 254 g/mol. The van der Waals surface area contributed by atoms with E-state index >= 15 is 0 Å². The van der Waals surface area contributed by atoms with Crippen LogP contribution in [-0.4, -0.2) is 16.2 Å². The Morgan fingerprint density at radius 1 is 1.25 bits per heavy atom. The van der Waals surface area contributed by atoms with Crippen molar-refractivity contribution >= 4 is 5.97 Å². The molecule has 0 amide bonds. The van der Waals surface area contributed by atoms with Crippen molar-refractivity contribution in [3.8, 4) is 11.1 Å². The van der Waals surface area contributed by atoms with Crippen LogP contribution in [0.3, 0.4) is 0 Å². The zero-order valence-electron chi connectivity index (χ0n) is 12.4. The number of carboxylic acids is 1. The van der Waals surface area contributed by atoms with Gasteiger partial charge in [0.1, 0.15) is 5.76 Å². The Hall–Kier alpha value is -2.10. The summed E-state index contributed by atoms with van der Waals surface area (Å²) in [6.07, 6.45) is 0. The molecule has 106 valence electrons. The number of hydrogen-bond donors (Lipinski definition) is 1. The molecule has 2 aromatic rings. The molecule has 4 nitrogen and oxygen atoms in total. The number of rotatable bonds is 2. The van der Waals surface area contributed by atoms with Crippen LogP contribution in [-0.2, 0) is 5.41 Å². The number of carbonyl (C=O) groups is 1. The predicted molar refractivity (Wildman–Crippen MR) is 77.1 cm³/mol. The Balaban J connectivity index is 2.60. The molecule has 0 spiro atoms. The molecule has 2 rings (SSSR count). The molecule has 20 heavy (non-hydrogen) atoms. The summed E-state index contributed by atoms with van der Waals surface area (Å²) in [5, 5.41) is 12.8. The standard InChI is InChI=1S/C16H19NO3/c1-9-8-11(16(3,4)5)6-7-12(9)13-10(2)20-17-14(13)15(18)19/h6-8H,1-5H3,(H,18,19). The summed E-state index contributed by atoms with van der Waals surface area (Å²) < 4.78 is 5.03. The van der Waals surface area contributed by atoms with Crippen molar-refractivity contribution in [2.75, 3.05) is 0 Å². The van der Waals surface area contributed by atoms with Gasteiger partial charge in [-0.15, -0.1) is 0 Å². The van der Waals surface area contributed by atoms with E-state index < -0.39 is 5.97 Å². The molecule has 0 aliphatic rings. The lowest BCUT2D eigenvalue weighted by atomic mass is 9.84. The minimum atomic E-state index is -1.07. The largest absolute Gasteiger partial charge is 0.476 e. The fourth-order valence-electron chi connectivity index (χ4n) is 2.25. The van der Waals surface area contributed by atoms with Gasteiger partial charge >= 0.3 is 5.97 Å². The van der Waals surface area contributed by atoms with E-state index in [0.29, 0.717) is 11.3 Å². The predicted octanol–water partition coefficient (Wildman–Crippen LogP) is 3.95. The van der Waals surface area contributed by atoms with Gasteiger partial charge in [-0.2, -0.15) is 0 Å². The van der Waals surface area contributed by atoms with Gasteiger partial charge < -0.3 is 9.63 Å². The van der Waals surface area contributed by atoms with Gasteiger partial charge in [0, 0.05) is 0 Å². The molecule has 1 aromatic heterocycles. The van der Waals surface area contributed by atoms with Gasteiger partial charge in [0.15, 0.2) is 5.69 Å². The number of aromatic nitrogens is 1. The van der Waals surface area contributed by atoms with E-state index in [0.717, 1.165) is 11.1 Å². The van der Waals surface area contributed by atoms with E-state index in [1.165, 1.54) is 5.56 Å². The maximum atomic E-state index is 11.2. The zero-order chi connectivity index (χ0) is 15.1. The van der Waals surface area contributed by atoms with Crippen LogP contribution in [0.25, 0.3) is 11.1 Å². The Morgan fingerprint density at radius 2 is 1.90 bits per heavy atom. The van der Waals surface area contributed by atoms with E-state index in [1.54, 1.807) is 6.92 Å². The lowest BCUT2D eigenvalue weighted by Crippen LogP contribution is -2.11. The number of benzene rings is 1. The van der Waals surface area contributed by atoms with E-state index in [1.807, 2.05) is 19.1 Å². The van der Waals surface area contributed by atoms with E-state index in [9.17, 15) is 9.90 Å². The normalized spacial score (nSPS) is 11.7. The first kappa shape index (κ1) is 14.3. The van der Waals surface area contributed by atoms with Crippen LogP contribution in [0.5, 0.6) is 0 Å². The van der Waals surface area contributed by atoms with E-state index in [-0.39, 0.29) is 11.1 Å². The summed E-state index contributed by atoms with van der Waals surface area (Å²) >= 11 is 0. The fraction of sp³-hybridized carbons (Fsp3) is 0.375. The zero-order valence-corrected chi connectivity index (χ0v) is 12.4. The van der Waals surface area contributed by atoms with Crippen LogP contribution in [0.1, 0.15) is 48.1 Å². The monoisotopic (exact) mass is 273 g/mol. The van der Waals surface area contributed by atoms with E-state index in [4.69, 9.17) is 4.52 Å². The van der Waals surface area contributed by atoms with Crippen LogP contribution in [0, 0.1) is 13.8 Å². The van der Waals surface area contributed by atoms with Gasteiger partial charge in [0.05, 0.1) is 5.56 Å². The Bertz CT molecular complexity index is 663. The number of hydrogen-bond acceptors (Lipinski definition) is 3. The number of nitrogens with zero attached hydrogens (tertiary/aromatic N) is 1. The number of aryl methyl sites for hydroxylation is 2. The topological polar surface area (TPSA) is 63.3 Å². The summed E-state index contributed by atoms with van der Waals surface area (Å²) in [7, 11) is 0. The highest BCUT2D eigenvalue weighted by Gasteiger charge is 2.23. The Morgan fingerprint density at radius 3 is 2.40 bits per heavy atom. The van der Waals surface area contributed by atoms with Crippen molar-refractivity contribution < 1.29 is 14.4 Å². The number of carboxylic acid groups (broad SMARTS) is 1. The molecule has 0 unspecified atom stereocenters. The SMILES string of the molecule is Cc1cc(C(C)(C)C)ccc1-c1c(C(=O)O)noc1C. The molecule has 0 saturated carbocycles. The van der Waals surface area contributed by atoms with Crippen molar-refractivity contribution in [2.45, 2.75) is 40.0 Å². The molecule has 1 heterocycles. The van der Waals surface area contributed by atoms with Crippen molar-refractivity contribution in [2.24, 2.45) is 0 Å². The first-order valence-corrected chi connectivity index (χ1v) is 6.53. The second-order valence-electron chi connectivity index (χ2n) is 6.05. The Kier molecular flexibility index (Phi) is 3.42. The van der Waals surface area contributed by atoms with Crippen molar-refractivity contribution in [1.29, 1.82) is 0 Å². The molecule has 0 aliphatic heterocycles. The second-order valence-corrected chi connectivity index (χ2v) is 6.05. The van der Waals surface area contributed by atoms with Gasteiger partial charge in [-0.25, -0.2) is 4.79 Å². The quantitative estimate of drug-likeness (QED) is 0.899. The average molecular weight is 273 g/mol. The lowest BCUT2D eigenvalue weighted by Gasteiger charge is -2.20. The molecule has 1 aromatic carbocycles. The van der Waals surface area contributed by atoms with Crippen molar-refractivity contribution in [3.63, 3.8) is 0 Å². The van der Waals surface area contributed by atoms with Gasteiger partial charge in [0.2, 0.25) is 0 Å². The first-order chi connectivity index (χ1) is 9.21. The van der Waals surface area contributed by atoms with Crippen molar-refractivity contribution in [3.05, 3.63) is 40.8 Å². The minimum Gasteiger partial charge on any atom is -0.476 e. The van der Waals surface area contributed by atoms with Gasteiger partial charge in [-0.05, 0) is 36.0 Å². The molecule has 1 N–H and O–H groups in total. The molecule has 4 heteroatoms. The number of aromatic carboxylic acids is 1. The first-order valence-electron chi connectivity index (χ1n) is 6.53. The molecule has 0 atom stereocenters. The highest BCUT2D eigenvalue weighted by Crippen LogP contribution is 2.33.